The summed E-state index contributed by atoms with van der Waals surface area (Å²) in [5.74, 6) is 0.892. The first-order valence-corrected chi connectivity index (χ1v) is 13.2. The van der Waals surface area contributed by atoms with Crippen molar-refractivity contribution in [2.45, 2.75) is 11.8 Å². The molecule has 8 heteroatoms. The second kappa shape index (κ2) is 11.2. The molecule has 0 bridgehead atoms. The Morgan fingerprint density at radius 2 is 1.71 bits per heavy atom. The van der Waals surface area contributed by atoms with Gasteiger partial charge in [0.1, 0.15) is 5.37 Å². The Bertz CT molecular complexity index is 1170. The zero-order valence-electron chi connectivity index (χ0n) is 19.5. The predicted molar refractivity (Wildman–Crippen MR) is 143 cm³/mol. The Hall–Kier alpha value is -2.87. The number of piperazine rings is 1. The van der Waals surface area contributed by atoms with Crippen LogP contribution in [0.25, 0.3) is 6.08 Å². The van der Waals surface area contributed by atoms with E-state index in [0.29, 0.717) is 11.6 Å². The van der Waals surface area contributed by atoms with Crippen LogP contribution in [-0.2, 0) is 4.79 Å². The molecule has 1 amide bonds. The molecule has 35 heavy (non-hydrogen) atoms. The average Bonchev–Trinajstić information content (AvgIpc) is 3.20. The van der Waals surface area contributed by atoms with Crippen LogP contribution in [0.5, 0.6) is 0 Å². The van der Waals surface area contributed by atoms with E-state index >= 15 is 0 Å². The minimum absolute atomic E-state index is 0.0664. The molecule has 0 aliphatic carbocycles. The summed E-state index contributed by atoms with van der Waals surface area (Å²) >= 11 is 7.90. The number of aromatic nitrogens is 2. The third-order valence-corrected chi connectivity index (χ3v) is 7.84. The van der Waals surface area contributed by atoms with Gasteiger partial charge in [0, 0.05) is 50.1 Å². The molecule has 0 N–H and O–H groups in total. The standard InChI is InChI=1S/C27H28ClN5OS/c28-23-10-4-9-22(20-23)26-33(25(34)24(35-26)19-21-7-2-1-3-8-21)14-6-13-31-15-17-32(18-16-31)27-29-11-5-12-30-27/h1-5,7-12,19-20,26H,6,13-18H2/b24-19+. The lowest BCUT2D eigenvalue weighted by Gasteiger charge is -2.35. The zero-order valence-corrected chi connectivity index (χ0v) is 21.0. The molecule has 180 valence electrons. The highest BCUT2D eigenvalue weighted by atomic mass is 35.5. The molecule has 6 nitrogen and oxygen atoms in total. The number of halogens is 1. The van der Waals surface area contributed by atoms with Crippen LogP contribution in [-0.4, -0.2) is 64.9 Å². The van der Waals surface area contributed by atoms with Gasteiger partial charge in [0.05, 0.1) is 4.91 Å². The molecule has 1 atom stereocenters. The highest BCUT2D eigenvalue weighted by Gasteiger charge is 2.37. The van der Waals surface area contributed by atoms with E-state index in [1.165, 1.54) is 0 Å². The van der Waals surface area contributed by atoms with Crippen LogP contribution in [0.2, 0.25) is 5.02 Å². The monoisotopic (exact) mass is 505 g/mol. The lowest BCUT2D eigenvalue weighted by Crippen LogP contribution is -2.47. The second-order valence-electron chi connectivity index (χ2n) is 8.67. The summed E-state index contributed by atoms with van der Waals surface area (Å²) in [5.41, 5.74) is 2.10. The molecule has 2 aliphatic rings. The number of anilines is 1. The lowest BCUT2D eigenvalue weighted by atomic mass is 10.2. The Balaban J connectivity index is 1.23. The molecule has 2 aliphatic heterocycles. The zero-order chi connectivity index (χ0) is 24.0. The molecule has 0 saturated carbocycles. The number of thioether (sulfide) groups is 1. The van der Waals surface area contributed by atoms with Crippen molar-refractivity contribution >= 4 is 41.3 Å². The molecule has 1 unspecified atom stereocenters. The predicted octanol–water partition coefficient (Wildman–Crippen LogP) is 4.96. The molecule has 0 spiro atoms. The van der Waals surface area contributed by atoms with Gasteiger partial charge in [0.2, 0.25) is 5.95 Å². The van der Waals surface area contributed by atoms with E-state index < -0.39 is 0 Å². The van der Waals surface area contributed by atoms with Crippen molar-refractivity contribution in [3.05, 3.63) is 94.1 Å². The molecule has 0 radical (unpaired) electrons. The third-order valence-electron chi connectivity index (χ3n) is 6.31. The van der Waals surface area contributed by atoms with Gasteiger partial charge in [-0.25, -0.2) is 9.97 Å². The van der Waals surface area contributed by atoms with Crippen molar-refractivity contribution in [2.75, 3.05) is 44.2 Å². The molecule has 3 heterocycles. The van der Waals surface area contributed by atoms with Gasteiger partial charge in [-0.15, -0.1) is 0 Å². The summed E-state index contributed by atoms with van der Waals surface area (Å²) in [5, 5.41) is 0.625. The van der Waals surface area contributed by atoms with E-state index in [1.54, 1.807) is 24.2 Å². The van der Waals surface area contributed by atoms with E-state index in [4.69, 9.17) is 11.6 Å². The summed E-state index contributed by atoms with van der Waals surface area (Å²) in [6.07, 6.45) is 6.49. The smallest absolute Gasteiger partial charge is 0.261 e. The summed E-state index contributed by atoms with van der Waals surface area (Å²) in [4.78, 5) is 29.6. The van der Waals surface area contributed by atoms with Crippen molar-refractivity contribution in [1.82, 2.24) is 19.8 Å². The van der Waals surface area contributed by atoms with Gasteiger partial charge in [-0.1, -0.05) is 65.8 Å². The van der Waals surface area contributed by atoms with Crippen LogP contribution in [0, 0.1) is 0 Å². The largest absolute Gasteiger partial charge is 0.338 e. The fourth-order valence-electron chi connectivity index (χ4n) is 4.50. The first-order valence-electron chi connectivity index (χ1n) is 11.9. The Labute approximate surface area is 215 Å². The molecule has 1 aromatic heterocycles. The van der Waals surface area contributed by atoms with Gasteiger partial charge in [0.15, 0.2) is 0 Å². The summed E-state index contributed by atoms with van der Waals surface area (Å²) in [6.45, 7) is 5.43. The van der Waals surface area contributed by atoms with Gasteiger partial charge in [0.25, 0.3) is 5.91 Å². The summed E-state index contributed by atoms with van der Waals surface area (Å²) in [7, 11) is 0. The minimum atomic E-state index is -0.0664. The van der Waals surface area contributed by atoms with Crippen molar-refractivity contribution in [3.8, 4) is 0 Å². The Morgan fingerprint density at radius 3 is 2.46 bits per heavy atom. The second-order valence-corrected chi connectivity index (χ2v) is 10.2. The SMILES string of the molecule is O=C1/C(=C\c2ccccc2)SC(c2cccc(Cl)c2)N1CCCN1CCN(c2ncccn2)CC1. The maximum Gasteiger partial charge on any atom is 0.261 e. The third kappa shape index (κ3) is 5.86. The summed E-state index contributed by atoms with van der Waals surface area (Å²) in [6, 6.07) is 19.7. The van der Waals surface area contributed by atoms with Gasteiger partial charge in [-0.3, -0.25) is 9.69 Å². The normalized spacial score (nSPS) is 20.1. The number of amides is 1. The van der Waals surface area contributed by atoms with Gasteiger partial charge >= 0.3 is 0 Å². The van der Waals surface area contributed by atoms with Crippen LogP contribution < -0.4 is 4.90 Å². The number of carbonyl (C=O) groups is 1. The molecular weight excluding hydrogens is 478 g/mol. The van der Waals surface area contributed by atoms with Crippen LogP contribution in [0.4, 0.5) is 5.95 Å². The first-order chi connectivity index (χ1) is 17.2. The van der Waals surface area contributed by atoms with Crippen LogP contribution >= 0.6 is 23.4 Å². The number of hydrogen-bond donors (Lipinski definition) is 0. The maximum atomic E-state index is 13.4. The number of carbonyl (C=O) groups excluding carboxylic acids is 1. The van der Waals surface area contributed by atoms with E-state index in [0.717, 1.165) is 61.1 Å². The van der Waals surface area contributed by atoms with Gasteiger partial charge < -0.3 is 9.80 Å². The molecule has 2 fully saturated rings. The lowest BCUT2D eigenvalue weighted by molar-refractivity contribution is -0.126. The van der Waals surface area contributed by atoms with Crippen molar-refractivity contribution in [3.63, 3.8) is 0 Å². The maximum absolute atomic E-state index is 13.4. The fraction of sp³-hybridized carbons (Fsp3) is 0.296. The van der Waals surface area contributed by atoms with E-state index in [9.17, 15) is 4.79 Å². The highest BCUT2D eigenvalue weighted by molar-refractivity contribution is 8.04. The van der Waals surface area contributed by atoms with Crippen LogP contribution in [0.1, 0.15) is 22.9 Å². The first kappa shape index (κ1) is 23.9. The van der Waals surface area contributed by atoms with E-state index in [1.807, 2.05) is 65.6 Å². The van der Waals surface area contributed by atoms with Crippen molar-refractivity contribution < 1.29 is 4.79 Å². The van der Waals surface area contributed by atoms with Gasteiger partial charge in [-0.2, -0.15) is 0 Å². The number of nitrogens with zero attached hydrogens (tertiary/aromatic N) is 5. The molecule has 5 rings (SSSR count). The van der Waals surface area contributed by atoms with Crippen molar-refractivity contribution in [1.29, 1.82) is 0 Å². The minimum Gasteiger partial charge on any atom is -0.338 e. The molecule has 2 aromatic carbocycles. The Morgan fingerprint density at radius 1 is 0.943 bits per heavy atom. The molecule has 3 aromatic rings. The number of hydrogen-bond acceptors (Lipinski definition) is 6. The van der Waals surface area contributed by atoms with E-state index in [-0.39, 0.29) is 11.3 Å². The van der Waals surface area contributed by atoms with Crippen LogP contribution in [0.3, 0.4) is 0 Å². The fourth-order valence-corrected chi connectivity index (χ4v) is 5.97. The molecular formula is C27H28ClN5OS. The Kier molecular flexibility index (Phi) is 7.66. The summed E-state index contributed by atoms with van der Waals surface area (Å²) < 4.78 is 0. The quantitative estimate of drug-likeness (QED) is 0.423. The molecule has 2 saturated heterocycles. The number of benzene rings is 2. The van der Waals surface area contributed by atoms with Crippen molar-refractivity contribution in [2.24, 2.45) is 0 Å². The van der Waals surface area contributed by atoms with Gasteiger partial charge in [-0.05, 0) is 48.4 Å². The topological polar surface area (TPSA) is 52.6 Å². The highest BCUT2D eigenvalue weighted by Crippen LogP contribution is 2.46. The number of rotatable bonds is 7. The van der Waals surface area contributed by atoms with Crippen LogP contribution in [0.15, 0.2) is 78.0 Å². The van der Waals surface area contributed by atoms with E-state index in [2.05, 4.69) is 25.8 Å². The average molecular weight is 506 g/mol.